The van der Waals surface area contributed by atoms with E-state index in [2.05, 4.69) is 106 Å². The summed E-state index contributed by atoms with van der Waals surface area (Å²) in [5.41, 5.74) is 0. The third-order valence-electron chi connectivity index (χ3n) is 9.40. The van der Waals surface area contributed by atoms with Crippen molar-refractivity contribution >= 4 is 17.9 Å². The van der Waals surface area contributed by atoms with E-state index in [9.17, 15) is 14.4 Å². The molecular weight excluding hydrogens is 709 g/mol. The number of ether oxygens (including phenoxy) is 3. The average Bonchev–Trinajstić information content (AvgIpc) is 3.21. The molecule has 1 unspecified atom stereocenters. The van der Waals surface area contributed by atoms with Gasteiger partial charge in [-0.05, 0) is 89.9 Å². The van der Waals surface area contributed by atoms with E-state index in [1.54, 1.807) is 0 Å². The van der Waals surface area contributed by atoms with E-state index in [4.69, 9.17) is 14.2 Å². The molecule has 0 fully saturated rings. The maximum absolute atomic E-state index is 12.7. The summed E-state index contributed by atoms with van der Waals surface area (Å²) in [6, 6.07) is 0. The minimum Gasteiger partial charge on any atom is -0.462 e. The zero-order valence-electron chi connectivity index (χ0n) is 36.8. The Labute approximate surface area is 350 Å². The smallest absolute Gasteiger partial charge is 0.306 e. The Morgan fingerprint density at radius 1 is 0.368 bits per heavy atom. The van der Waals surface area contributed by atoms with Gasteiger partial charge in [0, 0.05) is 19.3 Å². The molecule has 0 bridgehead atoms. The second-order valence-electron chi connectivity index (χ2n) is 14.9. The number of esters is 3. The minimum atomic E-state index is -0.798. The summed E-state index contributed by atoms with van der Waals surface area (Å²) in [6.07, 6.45) is 57.1. The molecule has 6 heteroatoms. The summed E-state index contributed by atoms with van der Waals surface area (Å²) in [7, 11) is 0. The minimum absolute atomic E-state index is 0.0961. The van der Waals surface area contributed by atoms with Gasteiger partial charge in [-0.25, -0.2) is 0 Å². The number of rotatable bonds is 40. The van der Waals surface area contributed by atoms with E-state index in [0.29, 0.717) is 19.3 Å². The van der Waals surface area contributed by atoms with E-state index in [0.717, 1.165) is 122 Å². The van der Waals surface area contributed by atoms with Crippen LogP contribution < -0.4 is 0 Å². The second kappa shape index (κ2) is 45.3. The van der Waals surface area contributed by atoms with E-state index >= 15 is 0 Å². The Hall–Kier alpha value is -3.41. The first-order valence-electron chi connectivity index (χ1n) is 23.1. The molecule has 0 heterocycles. The van der Waals surface area contributed by atoms with Gasteiger partial charge in [-0.15, -0.1) is 0 Å². The van der Waals surface area contributed by atoms with Crippen molar-refractivity contribution in [2.24, 2.45) is 0 Å². The van der Waals surface area contributed by atoms with Crippen molar-refractivity contribution in [1.29, 1.82) is 0 Å². The molecule has 0 saturated carbocycles. The highest BCUT2D eigenvalue weighted by Crippen LogP contribution is 2.13. The van der Waals surface area contributed by atoms with Gasteiger partial charge < -0.3 is 14.2 Å². The van der Waals surface area contributed by atoms with Crippen molar-refractivity contribution < 1.29 is 28.6 Å². The number of hydrogen-bond donors (Lipinski definition) is 0. The summed E-state index contributed by atoms with van der Waals surface area (Å²) >= 11 is 0. The molecule has 6 nitrogen and oxygen atoms in total. The molecule has 0 saturated heterocycles. The normalized spacial score (nSPS) is 12.8. The molecular formula is C51H84O6. The highest BCUT2D eigenvalue weighted by atomic mass is 16.6. The van der Waals surface area contributed by atoms with Crippen molar-refractivity contribution in [2.75, 3.05) is 13.2 Å². The van der Waals surface area contributed by atoms with E-state index in [1.807, 2.05) is 0 Å². The molecule has 0 aliphatic rings. The predicted octanol–water partition coefficient (Wildman–Crippen LogP) is 14.9. The fourth-order valence-electron chi connectivity index (χ4n) is 5.97. The lowest BCUT2D eigenvalue weighted by atomic mass is 10.1. The lowest BCUT2D eigenvalue weighted by Gasteiger charge is -2.18. The van der Waals surface area contributed by atoms with Crippen molar-refractivity contribution in [3.05, 3.63) is 85.1 Å². The number of unbranched alkanes of at least 4 members (excludes halogenated alkanes) is 15. The number of hydrogen-bond acceptors (Lipinski definition) is 6. The van der Waals surface area contributed by atoms with E-state index in [-0.39, 0.29) is 31.1 Å². The summed E-state index contributed by atoms with van der Waals surface area (Å²) < 4.78 is 16.7. The van der Waals surface area contributed by atoms with Crippen LogP contribution in [-0.4, -0.2) is 37.2 Å². The highest BCUT2D eigenvalue weighted by molar-refractivity contribution is 5.71. The molecule has 0 rings (SSSR count). The summed E-state index contributed by atoms with van der Waals surface area (Å²) in [5.74, 6) is -0.961. The standard InChI is InChI=1S/C51H84O6/c1-4-7-10-13-16-19-21-23-25-26-28-29-32-35-38-41-44-50(53)56-47-48(46-55-49(52)43-40-37-34-31-18-15-12-9-6-3)57-51(54)45-42-39-36-33-30-27-24-22-20-17-14-11-8-5-2/h7-8,10-11,16-17,19-20,23-25,27-29,48H,4-6,9,12-15,18,21-22,26,30-47H2,1-3H3/b10-7-,11-8-,19-16-,20-17-,25-23-,27-24-,29-28-. The predicted molar refractivity (Wildman–Crippen MR) is 242 cm³/mol. The third kappa shape index (κ3) is 43.6. The molecule has 0 radical (unpaired) electrons. The van der Waals surface area contributed by atoms with Gasteiger partial charge >= 0.3 is 17.9 Å². The second-order valence-corrected chi connectivity index (χ2v) is 14.9. The zero-order valence-corrected chi connectivity index (χ0v) is 36.8. The monoisotopic (exact) mass is 793 g/mol. The number of allylic oxidation sites excluding steroid dienone is 14. The lowest BCUT2D eigenvalue weighted by Crippen LogP contribution is -2.30. The van der Waals surface area contributed by atoms with Gasteiger partial charge in [0.25, 0.3) is 0 Å². The van der Waals surface area contributed by atoms with Crippen LogP contribution in [0, 0.1) is 0 Å². The Morgan fingerprint density at radius 2 is 0.684 bits per heavy atom. The van der Waals surface area contributed by atoms with Gasteiger partial charge in [-0.1, -0.05) is 176 Å². The van der Waals surface area contributed by atoms with Crippen LogP contribution in [0.15, 0.2) is 85.1 Å². The molecule has 0 aliphatic carbocycles. The summed E-state index contributed by atoms with van der Waals surface area (Å²) in [4.78, 5) is 37.7. The zero-order chi connectivity index (χ0) is 41.5. The van der Waals surface area contributed by atoms with Gasteiger partial charge in [0.2, 0.25) is 0 Å². The highest BCUT2D eigenvalue weighted by Gasteiger charge is 2.19. The SMILES string of the molecule is CC/C=C\C/C=C\C/C=C\C/C=C\CCCCCC(=O)OCC(COC(=O)CCCCCCCCCCC)OC(=O)CCCCCC/C=C\C/C=C\C/C=C\CC. The van der Waals surface area contributed by atoms with Crippen LogP contribution >= 0.6 is 0 Å². The summed E-state index contributed by atoms with van der Waals surface area (Å²) in [5, 5.41) is 0. The molecule has 324 valence electrons. The van der Waals surface area contributed by atoms with Gasteiger partial charge in [0.15, 0.2) is 6.10 Å². The Morgan fingerprint density at radius 3 is 1.09 bits per heavy atom. The fourth-order valence-corrected chi connectivity index (χ4v) is 5.97. The average molecular weight is 793 g/mol. The van der Waals surface area contributed by atoms with Crippen LogP contribution in [-0.2, 0) is 28.6 Å². The van der Waals surface area contributed by atoms with Gasteiger partial charge in [0.05, 0.1) is 0 Å². The van der Waals surface area contributed by atoms with Gasteiger partial charge in [-0.2, -0.15) is 0 Å². The molecule has 0 amide bonds. The third-order valence-corrected chi connectivity index (χ3v) is 9.40. The quantitative estimate of drug-likeness (QED) is 0.0266. The molecule has 0 aromatic rings. The molecule has 0 aliphatic heterocycles. The van der Waals surface area contributed by atoms with Crippen molar-refractivity contribution in [2.45, 2.75) is 207 Å². The van der Waals surface area contributed by atoms with Crippen LogP contribution in [0.25, 0.3) is 0 Å². The van der Waals surface area contributed by atoms with E-state index in [1.165, 1.54) is 38.5 Å². The number of carbonyl (C=O) groups is 3. The number of carbonyl (C=O) groups excluding carboxylic acids is 3. The first-order valence-corrected chi connectivity index (χ1v) is 23.1. The van der Waals surface area contributed by atoms with Crippen LogP contribution in [0.4, 0.5) is 0 Å². The first-order chi connectivity index (χ1) is 28.0. The van der Waals surface area contributed by atoms with Crippen molar-refractivity contribution in [3.8, 4) is 0 Å². The van der Waals surface area contributed by atoms with Crippen molar-refractivity contribution in [1.82, 2.24) is 0 Å². The van der Waals surface area contributed by atoms with Crippen LogP contribution in [0.3, 0.4) is 0 Å². The molecule has 0 spiro atoms. The molecule has 1 atom stereocenters. The molecule has 57 heavy (non-hydrogen) atoms. The molecule has 0 N–H and O–H groups in total. The Bertz CT molecular complexity index is 1140. The first kappa shape index (κ1) is 53.6. The summed E-state index contributed by atoms with van der Waals surface area (Å²) in [6.45, 7) is 6.32. The van der Waals surface area contributed by atoms with Crippen LogP contribution in [0.2, 0.25) is 0 Å². The lowest BCUT2D eigenvalue weighted by molar-refractivity contribution is -0.167. The Kier molecular flexibility index (Phi) is 42.6. The van der Waals surface area contributed by atoms with Crippen LogP contribution in [0.1, 0.15) is 201 Å². The largest absolute Gasteiger partial charge is 0.462 e. The maximum atomic E-state index is 12.7. The Balaban J connectivity index is 4.46. The fraction of sp³-hybridized carbons (Fsp3) is 0.667. The topological polar surface area (TPSA) is 78.9 Å². The van der Waals surface area contributed by atoms with Crippen LogP contribution in [0.5, 0.6) is 0 Å². The van der Waals surface area contributed by atoms with E-state index < -0.39 is 6.10 Å². The molecule has 0 aromatic heterocycles. The van der Waals surface area contributed by atoms with Gasteiger partial charge in [0.1, 0.15) is 13.2 Å². The molecule has 0 aromatic carbocycles. The van der Waals surface area contributed by atoms with Gasteiger partial charge in [-0.3, -0.25) is 14.4 Å². The maximum Gasteiger partial charge on any atom is 0.306 e. The van der Waals surface area contributed by atoms with Crippen molar-refractivity contribution in [3.63, 3.8) is 0 Å².